The zero-order valence-electron chi connectivity index (χ0n) is 14.2. The molecule has 1 aliphatic rings. The Kier molecular flexibility index (Phi) is 3.99. The van der Waals surface area contributed by atoms with E-state index in [-0.39, 0.29) is 11.9 Å². The van der Waals surface area contributed by atoms with Crippen molar-refractivity contribution in [3.05, 3.63) is 42.2 Å². The van der Waals surface area contributed by atoms with Crippen LogP contribution in [0.3, 0.4) is 0 Å². The van der Waals surface area contributed by atoms with Crippen LogP contribution in [0, 0.1) is 11.7 Å². The van der Waals surface area contributed by atoms with Gasteiger partial charge in [0.1, 0.15) is 11.8 Å². The monoisotopic (exact) mass is 341 g/mol. The van der Waals surface area contributed by atoms with E-state index in [2.05, 4.69) is 20.3 Å². The fourth-order valence-corrected chi connectivity index (χ4v) is 2.74. The topological polar surface area (TPSA) is 64.9 Å². The molecule has 0 aliphatic heterocycles. The van der Waals surface area contributed by atoms with E-state index >= 15 is 0 Å². The third-order valence-corrected chi connectivity index (χ3v) is 4.48. The third kappa shape index (κ3) is 3.26. The number of rotatable bonds is 6. The number of fused-ring (bicyclic) bond motifs is 1. The van der Waals surface area contributed by atoms with E-state index in [9.17, 15) is 4.39 Å². The van der Waals surface area contributed by atoms with E-state index in [1.807, 2.05) is 24.6 Å². The van der Waals surface area contributed by atoms with Crippen molar-refractivity contribution < 1.29 is 9.13 Å². The van der Waals surface area contributed by atoms with Gasteiger partial charge in [-0.25, -0.2) is 19.3 Å². The number of hydrogen-bond donors (Lipinski definition) is 1. The summed E-state index contributed by atoms with van der Waals surface area (Å²) < 4.78 is 21.7. The molecular formula is C18H20FN5O. The van der Waals surface area contributed by atoms with E-state index in [0.717, 1.165) is 11.2 Å². The van der Waals surface area contributed by atoms with Crippen LogP contribution in [0.1, 0.15) is 31.4 Å². The first kappa shape index (κ1) is 15.8. The Morgan fingerprint density at radius 2 is 2.16 bits per heavy atom. The first-order chi connectivity index (χ1) is 12.1. The maximum atomic E-state index is 14.3. The Morgan fingerprint density at radius 1 is 1.32 bits per heavy atom. The van der Waals surface area contributed by atoms with Crippen molar-refractivity contribution >= 4 is 17.0 Å². The van der Waals surface area contributed by atoms with Gasteiger partial charge >= 0.3 is 0 Å². The number of halogens is 1. The maximum absolute atomic E-state index is 14.3. The van der Waals surface area contributed by atoms with Crippen molar-refractivity contribution in [1.82, 2.24) is 19.5 Å². The lowest BCUT2D eigenvalue weighted by Crippen LogP contribution is -2.10. The fourth-order valence-electron chi connectivity index (χ4n) is 2.74. The van der Waals surface area contributed by atoms with Gasteiger partial charge in [0.15, 0.2) is 23.0 Å². The van der Waals surface area contributed by atoms with Gasteiger partial charge in [0.05, 0.1) is 19.0 Å². The lowest BCUT2D eigenvalue weighted by atomic mass is 10.1. The van der Waals surface area contributed by atoms with Crippen molar-refractivity contribution in [3.63, 3.8) is 0 Å². The number of nitrogens with zero attached hydrogens (tertiary/aromatic N) is 4. The Labute approximate surface area is 145 Å². The molecule has 4 rings (SSSR count). The van der Waals surface area contributed by atoms with Crippen LogP contribution >= 0.6 is 0 Å². The van der Waals surface area contributed by atoms with Gasteiger partial charge in [-0.1, -0.05) is 6.07 Å². The van der Waals surface area contributed by atoms with Gasteiger partial charge in [-0.3, -0.25) is 0 Å². The second kappa shape index (κ2) is 6.31. The number of nitrogens with one attached hydrogen (secondary N) is 1. The highest BCUT2D eigenvalue weighted by Gasteiger charge is 2.22. The molecule has 0 radical (unpaired) electrons. The molecule has 1 atom stereocenters. The summed E-state index contributed by atoms with van der Waals surface area (Å²) in [5.41, 5.74) is 2.26. The predicted octanol–water partition coefficient (Wildman–Crippen LogP) is 3.46. The van der Waals surface area contributed by atoms with Gasteiger partial charge in [0.25, 0.3) is 0 Å². The Balaban J connectivity index is 1.51. The molecule has 0 bridgehead atoms. The minimum absolute atomic E-state index is 0.132. The fraction of sp³-hybridized carbons (Fsp3) is 0.389. The highest BCUT2D eigenvalue weighted by molar-refractivity contribution is 5.82. The molecular weight excluding hydrogens is 321 g/mol. The van der Waals surface area contributed by atoms with Crippen LogP contribution in [0.25, 0.3) is 11.2 Å². The molecule has 1 aliphatic carbocycles. The number of imidazole rings is 1. The zero-order chi connectivity index (χ0) is 17.4. The first-order valence-corrected chi connectivity index (χ1v) is 8.42. The van der Waals surface area contributed by atoms with Crippen LogP contribution in [-0.4, -0.2) is 26.1 Å². The number of hydrogen-bond acceptors (Lipinski definition) is 5. The molecule has 130 valence electrons. The summed E-state index contributed by atoms with van der Waals surface area (Å²) >= 11 is 0. The molecule has 1 N–H and O–H groups in total. The number of ether oxygens (including phenoxy) is 1. The molecule has 1 saturated carbocycles. The van der Waals surface area contributed by atoms with Crippen LogP contribution in [0.4, 0.5) is 10.2 Å². The molecule has 3 aromatic rings. The summed E-state index contributed by atoms with van der Waals surface area (Å²) in [6.07, 6.45) is 5.55. The second-order valence-electron chi connectivity index (χ2n) is 6.56. The van der Waals surface area contributed by atoms with Crippen LogP contribution in [0.15, 0.2) is 30.9 Å². The molecule has 1 aromatic carbocycles. The minimum atomic E-state index is -0.336. The molecule has 6 nitrogen and oxygen atoms in total. The maximum Gasteiger partial charge on any atom is 0.165 e. The lowest BCUT2D eigenvalue weighted by molar-refractivity contribution is 0.285. The average Bonchev–Trinajstić information content (AvgIpc) is 3.36. The second-order valence-corrected chi connectivity index (χ2v) is 6.56. The smallest absolute Gasteiger partial charge is 0.165 e. The SMILES string of the molecule is CC(Nc1ncnc2c1ncn2C)c1ccc(OCC2CC2)c(F)c1. The lowest BCUT2D eigenvalue weighted by Gasteiger charge is -2.16. The molecule has 2 heterocycles. The van der Waals surface area contributed by atoms with E-state index in [4.69, 9.17) is 4.74 Å². The summed E-state index contributed by atoms with van der Waals surface area (Å²) in [5, 5.41) is 3.29. The van der Waals surface area contributed by atoms with Gasteiger partial charge in [0.2, 0.25) is 0 Å². The standard InChI is InChI=1S/C18H20FN5O/c1-11(23-17-16-18(21-9-20-17)24(2)10-22-16)13-5-6-15(14(19)7-13)25-8-12-3-4-12/h5-7,9-12H,3-4,8H2,1-2H3,(H,20,21,23). The molecule has 0 amide bonds. The van der Waals surface area contributed by atoms with E-state index in [1.54, 1.807) is 12.4 Å². The Morgan fingerprint density at radius 3 is 2.92 bits per heavy atom. The molecule has 0 spiro atoms. The van der Waals surface area contributed by atoms with Crippen molar-refractivity contribution in [1.29, 1.82) is 0 Å². The predicted molar refractivity (Wildman–Crippen MR) is 93.0 cm³/mol. The van der Waals surface area contributed by atoms with Crippen LogP contribution < -0.4 is 10.1 Å². The Bertz CT molecular complexity index is 906. The average molecular weight is 341 g/mol. The Hall–Kier alpha value is -2.70. The van der Waals surface area contributed by atoms with Gasteiger partial charge < -0.3 is 14.6 Å². The number of aryl methyl sites for hydroxylation is 1. The number of aromatic nitrogens is 4. The summed E-state index contributed by atoms with van der Waals surface area (Å²) in [4.78, 5) is 12.8. The van der Waals surface area contributed by atoms with Crippen molar-refractivity contribution in [3.8, 4) is 5.75 Å². The van der Waals surface area contributed by atoms with Crippen molar-refractivity contribution in [2.75, 3.05) is 11.9 Å². The summed E-state index contributed by atoms with van der Waals surface area (Å²) in [6, 6.07) is 4.95. The number of anilines is 1. The first-order valence-electron chi connectivity index (χ1n) is 8.42. The van der Waals surface area contributed by atoms with Crippen molar-refractivity contribution in [2.45, 2.75) is 25.8 Å². The van der Waals surface area contributed by atoms with E-state index in [0.29, 0.717) is 29.6 Å². The summed E-state index contributed by atoms with van der Waals surface area (Å²) in [7, 11) is 1.88. The molecule has 0 saturated heterocycles. The molecule has 2 aromatic heterocycles. The van der Waals surface area contributed by atoms with Gasteiger partial charge in [-0.2, -0.15) is 0 Å². The molecule has 25 heavy (non-hydrogen) atoms. The van der Waals surface area contributed by atoms with E-state index < -0.39 is 0 Å². The largest absolute Gasteiger partial charge is 0.490 e. The van der Waals surface area contributed by atoms with Gasteiger partial charge in [-0.15, -0.1) is 0 Å². The molecule has 1 fully saturated rings. The third-order valence-electron chi connectivity index (χ3n) is 4.48. The summed E-state index contributed by atoms with van der Waals surface area (Å²) in [6.45, 7) is 2.55. The van der Waals surface area contributed by atoms with Crippen molar-refractivity contribution in [2.24, 2.45) is 13.0 Å². The van der Waals surface area contributed by atoms with Gasteiger partial charge in [0, 0.05) is 7.05 Å². The number of benzene rings is 1. The molecule has 1 unspecified atom stereocenters. The van der Waals surface area contributed by atoms with Crippen LogP contribution in [0.5, 0.6) is 5.75 Å². The molecule has 7 heteroatoms. The van der Waals surface area contributed by atoms with Crippen LogP contribution in [0.2, 0.25) is 0 Å². The minimum Gasteiger partial charge on any atom is -0.490 e. The van der Waals surface area contributed by atoms with Crippen LogP contribution in [-0.2, 0) is 7.05 Å². The van der Waals surface area contributed by atoms with E-state index in [1.165, 1.54) is 25.2 Å². The quantitative estimate of drug-likeness (QED) is 0.744. The normalized spacial score (nSPS) is 15.3. The summed E-state index contributed by atoms with van der Waals surface area (Å²) in [5.74, 6) is 1.21. The van der Waals surface area contributed by atoms with Gasteiger partial charge in [-0.05, 0) is 43.4 Å². The highest BCUT2D eigenvalue weighted by Crippen LogP contribution is 2.31. The highest BCUT2D eigenvalue weighted by atomic mass is 19.1. The zero-order valence-corrected chi connectivity index (χ0v) is 14.2.